The fourth-order valence-electron chi connectivity index (χ4n) is 8.16. The molecule has 7 aromatic rings. The molecule has 2 aliphatic carbocycles. The molecule has 0 spiro atoms. The summed E-state index contributed by atoms with van der Waals surface area (Å²) in [6.45, 7) is 9.51. The van der Waals surface area contributed by atoms with E-state index in [1.807, 2.05) is 11.3 Å². The van der Waals surface area contributed by atoms with Crippen molar-refractivity contribution in [1.82, 2.24) is 0 Å². The van der Waals surface area contributed by atoms with Crippen LogP contribution in [0.2, 0.25) is 0 Å². The number of rotatable bonds is 3. The molecule has 2 heteroatoms. The lowest BCUT2D eigenvalue weighted by Crippen LogP contribution is -2.16. The summed E-state index contributed by atoms with van der Waals surface area (Å²) in [4.78, 5) is 2.47. The first kappa shape index (κ1) is 25.8. The van der Waals surface area contributed by atoms with E-state index < -0.39 is 0 Å². The number of fused-ring (bicyclic) bond motifs is 10. The SMILES string of the molecule is CC1(C)c2ccccc2-c2ccc(N(c3ccccc3)c3cccc4c3sc3ccc5c(c34)C(C)(C)c3ccccc3-5)cc21. The molecule has 0 fully saturated rings. The summed E-state index contributed by atoms with van der Waals surface area (Å²) in [6.07, 6.45) is 0. The van der Waals surface area contributed by atoms with Gasteiger partial charge in [0.25, 0.3) is 0 Å². The van der Waals surface area contributed by atoms with Gasteiger partial charge in [0, 0.05) is 37.7 Å². The standard InChI is InChI=1S/C42H33NS/c1-41(2)33-18-10-8-15-28(33)30-22-21-27(25-35(30)41)43(26-13-6-5-7-14-26)36-20-12-17-32-38-37(44-40(32)36)24-23-31-29-16-9-11-19-34(29)42(3,4)39(31)38/h5-25H,1-4H3. The summed E-state index contributed by atoms with van der Waals surface area (Å²) in [5.74, 6) is 0. The number of hydrogen-bond acceptors (Lipinski definition) is 2. The van der Waals surface area contributed by atoms with Crippen LogP contribution in [-0.4, -0.2) is 0 Å². The van der Waals surface area contributed by atoms with E-state index in [0.717, 1.165) is 0 Å². The van der Waals surface area contributed by atoms with Gasteiger partial charge in [-0.15, -0.1) is 11.3 Å². The lowest BCUT2D eigenvalue weighted by Gasteiger charge is -2.28. The molecule has 44 heavy (non-hydrogen) atoms. The summed E-state index contributed by atoms with van der Waals surface area (Å²) in [5.41, 5.74) is 14.6. The van der Waals surface area contributed by atoms with Crippen molar-refractivity contribution < 1.29 is 0 Å². The largest absolute Gasteiger partial charge is 0.309 e. The summed E-state index contributed by atoms with van der Waals surface area (Å²) in [7, 11) is 0. The van der Waals surface area contributed by atoms with Gasteiger partial charge in [0.1, 0.15) is 0 Å². The fraction of sp³-hybridized carbons (Fsp3) is 0.143. The van der Waals surface area contributed by atoms with E-state index in [-0.39, 0.29) is 10.8 Å². The predicted octanol–water partition coefficient (Wildman–Crippen LogP) is 12.1. The Morgan fingerprint density at radius 2 is 1.14 bits per heavy atom. The lowest BCUT2D eigenvalue weighted by atomic mass is 9.80. The van der Waals surface area contributed by atoms with Crippen LogP contribution in [0.4, 0.5) is 17.1 Å². The molecule has 1 aromatic heterocycles. The number of anilines is 3. The Labute approximate surface area is 263 Å². The first-order valence-corrected chi connectivity index (χ1v) is 16.4. The molecule has 0 N–H and O–H groups in total. The minimum atomic E-state index is -0.0605. The number of benzene rings is 6. The Kier molecular flexibility index (Phi) is 5.24. The van der Waals surface area contributed by atoms with Crippen LogP contribution in [0, 0.1) is 0 Å². The van der Waals surface area contributed by atoms with E-state index in [0.29, 0.717) is 0 Å². The zero-order chi connectivity index (χ0) is 29.8. The maximum Gasteiger partial charge on any atom is 0.0640 e. The van der Waals surface area contributed by atoms with Crippen molar-refractivity contribution in [2.24, 2.45) is 0 Å². The second-order valence-corrected chi connectivity index (χ2v) is 14.4. The summed E-state index contributed by atoms with van der Waals surface area (Å²) in [6, 6.07) is 47.4. The third-order valence-corrected chi connectivity index (χ3v) is 11.4. The highest BCUT2D eigenvalue weighted by molar-refractivity contribution is 7.26. The first-order chi connectivity index (χ1) is 21.4. The Balaban J connectivity index is 1.30. The van der Waals surface area contributed by atoms with Crippen LogP contribution < -0.4 is 4.90 Å². The van der Waals surface area contributed by atoms with E-state index in [9.17, 15) is 0 Å². The maximum absolute atomic E-state index is 2.47. The van der Waals surface area contributed by atoms with E-state index in [1.165, 1.54) is 81.7 Å². The molecule has 0 aliphatic heterocycles. The summed E-state index contributed by atoms with van der Waals surface area (Å²) in [5, 5.41) is 2.75. The van der Waals surface area contributed by atoms with Crippen molar-refractivity contribution in [1.29, 1.82) is 0 Å². The molecule has 1 heterocycles. The first-order valence-electron chi connectivity index (χ1n) is 15.5. The molecule has 0 saturated heterocycles. The number of nitrogens with zero attached hydrogens (tertiary/aromatic N) is 1. The van der Waals surface area contributed by atoms with E-state index >= 15 is 0 Å². The molecule has 0 bridgehead atoms. The smallest absolute Gasteiger partial charge is 0.0640 e. The highest BCUT2D eigenvalue weighted by Gasteiger charge is 2.38. The van der Waals surface area contributed by atoms with Crippen molar-refractivity contribution in [3.63, 3.8) is 0 Å². The second kappa shape index (κ2) is 8.94. The van der Waals surface area contributed by atoms with Crippen molar-refractivity contribution in [2.45, 2.75) is 38.5 Å². The maximum atomic E-state index is 2.47. The van der Waals surface area contributed by atoms with Gasteiger partial charge in [-0.25, -0.2) is 0 Å². The monoisotopic (exact) mass is 583 g/mol. The molecule has 212 valence electrons. The summed E-state index contributed by atoms with van der Waals surface area (Å²) < 4.78 is 2.68. The minimum absolute atomic E-state index is 0.0604. The van der Waals surface area contributed by atoms with Gasteiger partial charge >= 0.3 is 0 Å². The second-order valence-electron chi connectivity index (χ2n) is 13.4. The van der Waals surface area contributed by atoms with E-state index in [1.54, 1.807) is 0 Å². The highest BCUT2D eigenvalue weighted by atomic mass is 32.1. The van der Waals surface area contributed by atoms with Gasteiger partial charge in [0.2, 0.25) is 0 Å². The molecule has 2 aliphatic rings. The third-order valence-electron chi connectivity index (χ3n) is 10.2. The average Bonchev–Trinajstić information content (AvgIpc) is 3.62. The van der Waals surface area contributed by atoms with Gasteiger partial charge in [0.05, 0.1) is 10.4 Å². The zero-order valence-corrected chi connectivity index (χ0v) is 26.3. The lowest BCUT2D eigenvalue weighted by molar-refractivity contribution is 0.660. The topological polar surface area (TPSA) is 3.24 Å². The van der Waals surface area contributed by atoms with Crippen LogP contribution >= 0.6 is 11.3 Å². The molecular weight excluding hydrogens is 551 g/mol. The van der Waals surface area contributed by atoms with Crippen LogP contribution in [0.5, 0.6) is 0 Å². The number of thiophene rings is 1. The van der Waals surface area contributed by atoms with Gasteiger partial charge < -0.3 is 4.90 Å². The zero-order valence-electron chi connectivity index (χ0n) is 25.5. The van der Waals surface area contributed by atoms with Gasteiger partial charge in [0.15, 0.2) is 0 Å². The molecule has 0 radical (unpaired) electrons. The highest BCUT2D eigenvalue weighted by Crippen LogP contribution is 2.56. The Hall–Kier alpha value is -4.66. The van der Waals surface area contributed by atoms with Crippen molar-refractivity contribution >= 4 is 48.6 Å². The van der Waals surface area contributed by atoms with Gasteiger partial charge in [-0.3, -0.25) is 0 Å². The minimum Gasteiger partial charge on any atom is -0.309 e. The van der Waals surface area contributed by atoms with Crippen molar-refractivity contribution in [3.8, 4) is 22.3 Å². The Morgan fingerprint density at radius 3 is 1.91 bits per heavy atom. The van der Waals surface area contributed by atoms with Gasteiger partial charge in [-0.05, 0) is 80.9 Å². The van der Waals surface area contributed by atoms with E-state index in [4.69, 9.17) is 0 Å². The van der Waals surface area contributed by atoms with E-state index in [2.05, 4.69) is 160 Å². The molecule has 0 unspecified atom stereocenters. The quantitative estimate of drug-likeness (QED) is 0.200. The van der Waals surface area contributed by atoms with Crippen molar-refractivity contribution in [3.05, 3.63) is 150 Å². The molecule has 0 amide bonds. The average molecular weight is 584 g/mol. The summed E-state index contributed by atoms with van der Waals surface area (Å²) >= 11 is 1.92. The van der Waals surface area contributed by atoms with Crippen LogP contribution in [-0.2, 0) is 10.8 Å². The van der Waals surface area contributed by atoms with Gasteiger partial charge in [-0.1, -0.05) is 119 Å². The normalized spacial score (nSPS) is 15.2. The predicted molar refractivity (Wildman–Crippen MR) is 189 cm³/mol. The van der Waals surface area contributed by atoms with Crippen LogP contribution in [0.25, 0.3) is 42.4 Å². The molecule has 0 saturated carbocycles. The third kappa shape index (κ3) is 3.35. The molecule has 1 nitrogen and oxygen atoms in total. The Bertz CT molecular complexity index is 2290. The molecule has 6 aromatic carbocycles. The molecule has 9 rings (SSSR count). The number of hydrogen-bond donors (Lipinski definition) is 0. The Morgan fingerprint density at radius 1 is 0.500 bits per heavy atom. The van der Waals surface area contributed by atoms with Gasteiger partial charge in [-0.2, -0.15) is 0 Å². The van der Waals surface area contributed by atoms with Crippen LogP contribution in [0.3, 0.4) is 0 Å². The van der Waals surface area contributed by atoms with Crippen molar-refractivity contribution in [2.75, 3.05) is 4.90 Å². The fourth-order valence-corrected chi connectivity index (χ4v) is 9.37. The molecular formula is C42H33NS. The van der Waals surface area contributed by atoms with Crippen LogP contribution in [0.15, 0.2) is 127 Å². The van der Waals surface area contributed by atoms with Crippen LogP contribution in [0.1, 0.15) is 49.9 Å². The number of para-hydroxylation sites is 1. The molecule has 0 atom stereocenters.